The third-order valence-corrected chi connectivity index (χ3v) is 5.74. The summed E-state index contributed by atoms with van der Waals surface area (Å²) in [6.45, 7) is 7.55. The van der Waals surface area contributed by atoms with Crippen LogP contribution in [0.15, 0.2) is 86.0 Å². The van der Waals surface area contributed by atoms with Gasteiger partial charge in [-0.25, -0.2) is 0 Å². The summed E-state index contributed by atoms with van der Waals surface area (Å²) in [6, 6.07) is 16.5. The molecule has 5 heteroatoms. The van der Waals surface area contributed by atoms with Crippen LogP contribution in [0.5, 0.6) is 0 Å². The molecule has 3 heterocycles. The lowest BCUT2D eigenvalue weighted by molar-refractivity contribution is -0.134. The highest BCUT2D eigenvalue weighted by molar-refractivity contribution is 5.80. The van der Waals surface area contributed by atoms with E-state index in [-0.39, 0.29) is 11.8 Å². The van der Waals surface area contributed by atoms with Gasteiger partial charge in [0.05, 0.1) is 5.92 Å². The quantitative estimate of drug-likeness (QED) is 0.554. The van der Waals surface area contributed by atoms with Gasteiger partial charge in [0.25, 0.3) is 0 Å². The van der Waals surface area contributed by atoms with E-state index in [4.69, 9.17) is 0 Å². The van der Waals surface area contributed by atoms with Crippen LogP contribution in [0.4, 0.5) is 0 Å². The van der Waals surface area contributed by atoms with Gasteiger partial charge in [-0.05, 0) is 40.8 Å². The summed E-state index contributed by atoms with van der Waals surface area (Å²) in [4.78, 5) is 26.0. The average molecular weight is 413 g/mol. The molecule has 1 fully saturated rings. The molecule has 0 N–H and O–H groups in total. The lowest BCUT2D eigenvalue weighted by Crippen LogP contribution is -2.37. The van der Waals surface area contributed by atoms with Gasteiger partial charge in [-0.2, -0.15) is 0 Å². The van der Waals surface area contributed by atoms with E-state index in [2.05, 4.69) is 57.8 Å². The Hall–Kier alpha value is -3.31. The molecule has 2 aromatic heterocycles. The van der Waals surface area contributed by atoms with Gasteiger partial charge in [-0.1, -0.05) is 42.5 Å². The Bertz CT molecular complexity index is 989. The first-order valence-electron chi connectivity index (χ1n) is 10.7. The molecule has 0 unspecified atom stereocenters. The molecule has 0 radical (unpaired) electrons. The van der Waals surface area contributed by atoms with Crippen molar-refractivity contribution in [1.29, 1.82) is 0 Å². The van der Waals surface area contributed by atoms with Gasteiger partial charge >= 0.3 is 0 Å². The smallest absolute Gasteiger partial charge is 0.227 e. The highest BCUT2D eigenvalue weighted by Gasteiger charge is 2.30. The summed E-state index contributed by atoms with van der Waals surface area (Å²) >= 11 is 0. The molecule has 4 rings (SSSR count). The van der Waals surface area contributed by atoms with Gasteiger partial charge in [-0.15, -0.1) is 6.58 Å². The molecule has 0 spiro atoms. The molecule has 5 nitrogen and oxygen atoms in total. The fourth-order valence-corrected chi connectivity index (χ4v) is 4.15. The number of carbonyl (C=O) groups excluding carboxylic acids is 1. The number of carbonyl (C=O) groups is 1. The van der Waals surface area contributed by atoms with Crippen molar-refractivity contribution in [2.45, 2.75) is 13.0 Å². The second kappa shape index (κ2) is 10.1. The van der Waals surface area contributed by atoms with Crippen molar-refractivity contribution in [3.63, 3.8) is 0 Å². The molecule has 0 saturated carbocycles. The number of rotatable bonds is 7. The van der Waals surface area contributed by atoms with E-state index in [0.717, 1.165) is 43.7 Å². The van der Waals surface area contributed by atoms with Crippen LogP contribution in [-0.4, -0.2) is 51.9 Å². The van der Waals surface area contributed by atoms with Crippen LogP contribution < -0.4 is 0 Å². The van der Waals surface area contributed by atoms with Crippen LogP contribution >= 0.6 is 0 Å². The number of amides is 1. The van der Waals surface area contributed by atoms with Gasteiger partial charge in [0.1, 0.15) is 0 Å². The number of pyridine rings is 2. The summed E-state index contributed by atoms with van der Waals surface area (Å²) in [5, 5.41) is 0. The normalized spacial score (nSPS) is 17.4. The number of hydrogen-bond acceptors (Lipinski definition) is 4. The van der Waals surface area contributed by atoms with Crippen molar-refractivity contribution in [3.8, 4) is 11.1 Å². The maximum Gasteiger partial charge on any atom is 0.227 e. The molecular formula is C26H28N4O. The number of benzene rings is 1. The van der Waals surface area contributed by atoms with Crippen LogP contribution in [0.3, 0.4) is 0 Å². The van der Waals surface area contributed by atoms with Crippen molar-refractivity contribution in [3.05, 3.63) is 97.1 Å². The second-order valence-electron chi connectivity index (χ2n) is 8.01. The summed E-state index contributed by atoms with van der Waals surface area (Å²) < 4.78 is 0. The van der Waals surface area contributed by atoms with Crippen LogP contribution in [0.1, 0.15) is 11.1 Å². The maximum atomic E-state index is 13.3. The minimum absolute atomic E-state index is 0.0802. The largest absolute Gasteiger partial charge is 0.337 e. The van der Waals surface area contributed by atoms with E-state index in [9.17, 15) is 4.79 Å². The number of hydrogen-bond donors (Lipinski definition) is 0. The molecule has 0 aliphatic carbocycles. The first-order chi connectivity index (χ1) is 15.2. The minimum atomic E-state index is -0.0802. The zero-order valence-corrected chi connectivity index (χ0v) is 17.7. The first kappa shape index (κ1) is 20.9. The van der Waals surface area contributed by atoms with Gasteiger partial charge in [-0.3, -0.25) is 19.7 Å². The SMILES string of the molecule is C=CCN1CCN(Cc2cccnc2)C[C@H](Cc2ccc(-c3cccnc3)cc2)C1=O. The van der Waals surface area contributed by atoms with E-state index in [0.29, 0.717) is 6.54 Å². The topological polar surface area (TPSA) is 49.3 Å². The van der Waals surface area contributed by atoms with E-state index >= 15 is 0 Å². The highest BCUT2D eigenvalue weighted by Crippen LogP contribution is 2.22. The standard InChI is InChI=1S/C26H28N4O/c1-2-13-30-15-14-29(19-22-5-3-11-27-17-22)20-25(26(30)31)16-21-7-9-23(10-8-21)24-6-4-12-28-18-24/h2-12,17-18,25H,1,13-16,19-20H2/t25-/m0/s1. The van der Waals surface area contributed by atoms with Crippen molar-refractivity contribution in [2.24, 2.45) is 5.92 Å². The van der Waals surface area contributed by atoms with E-state index in [1.54, 1.807) is 12.4 Å². The molecule has 1 atom stereocenters. The van der Waals surface area contributed by atoms with Crippen LogP contribution in [0.2, 0.25) is 0 Å². The van der Waals surface area contributed by atoms with Crippen molar-refractivity contribution < 1.29 is 4.79 Å². The zero-order valence-electron chi connectivity index (χ0n) is 17.7. The Morgan fingerprint density at radius 1 is 0.935 bits per heavy atom. The summed E-state index contributed by atoms with van der Waals surface area (Å²) in [5.74, 6) is 0.133. The molecule has 3 aromatic rings. The van der Waals surface area contributed by atoms with Crippen molar-refractivity contribution in [2.75, 3.05) is 26.2 Å². The third kappa shape index (κ3) is 5.44. The van der Waals surface area contributed by atoms with Gasteiger partial charge in [0.2, 0.25) is 5.91 Å². The van der Waals surface area contributed by atoms with E-state index in [1.807, 2.05) is 35.5 Å². The fourth-order valence-electron chi connectivity index (χ4n) is 4.15. The molecule has 1 aliphatic rings. The second-order valence-corrected chi connectivity index (χ2v) is 8.01. The predicted octanol–water partition coefficient (Wildman–Crippen LogP) is 3.83. The molecule has 31 heavy (non-hydrogen) atoms. The maximum absolute atomic E-state index is 13.3. The van der Waals surface area contributed by atoms with Crippen LogP contribution in [0.25, 0.3) is 11.1 Å². The molecular weight excluding hydrogens is 384 g/mol. The Morgan fingerprint density at radius 2 is 1.71 bits per heavy atom. The molecule has 0 bridgehead atoms. The highest BCUT2D eigenvalue weighted by atomic mass is 16.2. The predicted molar refractivity (Wildman–Crippen MR) is 123 cm³/mol. The van der Waals surface area contributed by atoms with Crippen LogP contribution in [0, 0.1) is 5.92 Å². The summed E-state index contributed by atoms with van der Waals surface area (Å²) in [7, 11) is 0. The fraction of sp³-hybridized carbons (Fsp3) is 0.269. The Kier molecular flexibility index (Phi) is 6.85. The number of nitrogens with zero attached hydrogens (tertiary/aromatic N) is 4. The lowest BCUT2D eigenvalue weighted by Gasteiger charge is -2.23. The van der Waals surface area contributed by atoms with E-state index < -0.39 is 0 Å². The van der Waals surface area contributed by atoms with Gasteiger partial charge in [0.15, 0.2) is 0 Å². The van der Waals surface area contributed by atoms with Crippen molar-refractivity contribution >= 4 is 5.91 Å². The molecule has 1 amide bonds. The third-order valence-electron chi connectivity index (χ3n) is 5.74. The molecule has 1 saturated heterocycles. The molecule has 158 valence electrons. The minimum Gasteiger partial charge on any atom is -0.337 e. The monoisotopic (exact) mass is 412 g/mol. The Balaban J connectivity index is 1.50. The van der Waals surface area contributed by atoms with Gasteiger partial charge in [0, 0.05) is 57.5 Å². The van der Waals surface area contributed by atoms with Gasteiger partial charge < -0.3 is 4.90 Å². The number of aromatic nitrogens is 2. The van der Waals surface area contributed by atoms with Crippen molar-refractivity contribution in [1.82, 2.24) is 19.8 Å². The lowest BCUT2D eigenvalue weighted by atomic mass is 9.96. The molecule has 1 aliphatic heterocycles. The molecule has 1 aromatic carbocycles. The van der Waals surface area contributed by atoms with Crippen LogP contribution in [-0.2, 0) is 17.8 Å². The first-order valence-corrected chi connectivity index (χ1v) is 10.7. The Labute approximate surface area is 184 Å². The summed E-state index contributed by atoms with van der Waals surface area (Å²) in [6.07, 6.45) is 9.88. The Morgan fingerprint density at radius 3 is 2.39 bits per heavy atom. The zero-order chi connectivity index (χ0) is 21.5. The summed E-state index contributed by atoms with van der Waals surface area (Å²) in [5.41, 5.74) is 4.58. The van der Waals surface area contributed by atoms with E-state index in [1.165, 1.54) is 11.1 Å². The average Bonchev–Trinajstić information content (AvgIpc) is 2.95.